The molecule has 24 heavy (non-hydrogen) atoms. The Labute approximate surface area is 141 Å². The summed E-state index contributed by atoms with van der Waals surface area (Å²) in [6.07, 6.45) is 1.50. The fourth-order valence-corrected chi connectivity index (χ4v) is 2.36. The molecule has 2 rings (SSSR count). The van der Waals surface area contributed by atoms with Crippen molar-refractivity contribution in [2.45, 2.75) is 13.0 Å². The van der Waals surface area contributed by atoms with Gasteiger partial charge < -0.3 is 25.4 Å². The first-order chi connectivity index (χ1) is 11.5. The van der Waals surface area contributed by atoms with Crippen molar-refractivity contribution in [1.82, 2.24) is 15.2 Å². The molecule has 1 aliphatic rings. The molecule has 0 spiro atoms. The first kappa shape index (κ1) is 18.0. The van der Waals surface area contributed by atoms with Crippen LogP contribution in [0.3, 0.4) is 0 Å². The van der Waals surface area contributed by atoms with E-state index in [-0.39, 0.29) is 12.1 Å². The van der Waals surface area contributed by atoms with Crippen molar-refractivity contribution in [1.29, 1.82) is 5.41 Å². The number of amidine groups is 1. The van der Waals surface area contributed by atoms with Gasteiger partial charge in [-0.2, -0.15) is 0 Å². The number of nitrogens with two attached hydrogens (primary N) is 1. The van der Waals surface area contributed by atoms with Gasteiger partial charge in [0.2, 0.25) is 0 Å². The number of carbonyl (C=O) groups excluding carboxylic acids is 1. The van der Waals surface area contributed by atoms with Gasteiger partial charge in [-0.15, -0.1) is 0 Å². The zero-order valence-corrected chi connectivity index (χ0v) is 14.0. The van der Waals surface area contributed by atoms with Crippen LogP contribution in [-0.4, -0.2) is 67.8 Å². The Morgan fingerprint density at radius 2 is 2.25 bits per heavy atom. The van der Waals surface area contributed by atoms with Crippen LogP contribution < -0.4 is 16.4 Å². The zero-order chi connectivity index (χ0) is 17.5. The number of pyridine rings is 1. The Hall–Kier alpha value is -2.39. The summed E-state index contributed by atoms with van der Waals surface area (Å²) in [4.78, 5) is 17.9. The molecule has 0 unspecified atom stereocenters. The highest BCUT2D eigenvalue weighted by Gasteiger charge is 2.18. The molecule has 2 amide bonds. The summed E-state index contributed by atoms with van der Waals surface area (Å²) in [5.74, 6) is 0.640. The summed E-state index contributed by atoms with van der Waals surface area (Å²) < 4.78 is 10.2. The van der Waals surface area contributed by atoms with Gasteiger partial charge in [-0.1, -0.05) is 0 Å². The predicted octanol–water partition coefficient (Wildman–Crippen LogP) is 0.478. The normalized spacial score (nSPS) is 15.7. The maximum Gasteiger partial charge on any atom is 0.320 e. The minimum absolute atomic E-state index is 0.124. The van der Waals surface area contributed by atoms with Gasteiger partial charge in [0, 0.05) is 38.1 Å². The lowest BCUT2D eigenvalue weighted by molar-refractivity contribution is 0.0680. The lowest BCUT2D eigenvalue weighted by atomic mass is 10.2. The summed E-state index contributed by atoms with van der Waals surface area (Å²) in [7, 11) is 1.57. The van der Waals surface area contributed by atoms with E-state index in [1.54, 1.807) is 13.2 Å². The SMILES string of the molecule is COC[C@H](C)NC(=O)Nc1cc(N)c(C(=N)N2CCOCC2)cn1. The second-order valence-electron chi connectivity index (χ2n) is 5.56. The lowest BCUT2D eigenvalue weighted by Gasteiger charge is -2.29. The van der Waals surface area contributed by atoms with Crippen molar-refractivity contribution in [3.05, 3.63) is 17.8 Å². The summed E-state index contributed by atoms with van der Waals surface area (Å²) in [5, 5.41) is 13.6. The third-order valence-corrected chi connectivity index (χ3v) is 3.55. The van der Waals surface area contributed by atoms with Crippen LogP contribution in [0.4, 0.5) is 16.3 Å². The van der Waals surface area contributed by atoms with Gasteiger partial charge in [0.05, 0.1) is 31.4 Å². The molecule has 1 fully saturated rings. The van der Waals surface area contributed by atoms with E-state index in [0.717, 1.165) is 0 Å². The number of morpholine rings is 1. The summed E-state index contributed by atoms with van der Waals surface area (Å²) in [6.45, 7) is 4.73. The second kappa shape index (κ2) is 8.46. The number of rotatable bonds is 5. The Bertz CT molecular complexity index is 589. The number of amides is 2. The minimum Gasteiger partial charge on any atom is -0.398 e. The number of urea groups is 1. The van der Waals surface area contributed by atoms with E-state index in [1.807, 2.05) is 11.8 Å². The van der Waals surface area contributed by atoms with Gasteiger partial charge in [0.1, 0.15) is 11.7 Å². The number of methoxy groups -OCH3 is 1. The maximum absolute atomic E-state index is 11.9. The molecule has 1 aromatic rings. The number of anilines is 2. The third kappa shape index (κ3) is 4.80. The van der Waals surface area contributed by atoms with E-state index < -0.39 is 0 Å². The number of carbonyl (C=O) groups is 1. The number of ether oxygens (including phenoxy) is 2. The average Bonchev–Trinajstić information content (AvgIpc) is 2.55. The van der Waals surface area contributed by atoms with Crippen molar-refractivity contribution < 1.29 is 14.3 Å². The topological polar surface area (TPSA) is 126 Å². The molecule has 0 aromatic carbocycles. The molecule has 5 N–H and O–H groups in total. The number of nitrogens with zero attached hydrogens (tertiary/aromatic N) is 2. The smallest absolute Gasteiger partial charge is 0.320 e. The molecule has 1 aromatic heterocycles. The van der Waals surface area contributed by atoms with E-state index >= 15 is 0 Å². The quantitative estimate of drug-likeness (QED) is 0.458. The first-order valence-electron chi connectivity index (χ1n) is 7.75. The van der Waals surface area contributed by atoms with Crippen LogP contribution in [-0.2, 0) is 9.47 Å². The first-order valence-corrected chi connectivity index (χ1v) is 7.75. The van der Waals surface area contributed by atoms with Crippen molar-refractivity contribution in [2.24, 2.45) is 0 Å². The highest BCUT2D eigenvalue weighted by molar-refractivity contribution is 6.01. The Kier molecular flexibility index (Phi) is 6.33. The maximum atomic E-state index is 11.9. The van der Waals surface area contributed by atoms with E-state index in [4.69, 9.17) is 20.6 Å². The molecule has 0 radical (unpaired) electrons. The number of hydrogen-bond donors (Lipinski definition) is 4. The number of hydrogen-bond acceptors (Lipinski definition) is 6. The van der Waals surface area contributed by atoms with E-state index in [2.05, 4.69) is 15.6 Å². The molecule has 0 bridgehead atoms. The van der Waals surface area contributed by atoms with Gasteiger partial charge in [-0.25, -0.2) is 9.78 Å². The fourth-order valence-electron chi connectivity index (χ4n) is 2.36. The highest BCUT2D eigenvalue weighted by Crippen LogP contribution is 2.17. The largest absolute Gasteiger partial charge is 0.398 e. The molecule has 132 valence electrons. The van der Waals surface area contributed by atoms with Gasteiger partial charge in [0.15, 0.2) is 0 Å². The number of nitrogen functional groups attached to an aromatic ring is 1. The third-order valence-electron chi connectivity index (χ3n) is 3.55. The number of nitrogens with one attached hydrogen (secondary N) is 3. The van der Waals surface area contributed by atoms with Crippen LogP contribution in [0, 0.1) is 5.41 Å². The standard InChI is InChI=1S/C15H24N6O3/c1-10(9-23-2)19-15(22)20-13-7-12(16)11(8-18-13)14(17)21-3-5-24-6-4-21/h7-8,10,17H,3-6,9H2,1-2H3,(H4,16,18,19,20,22)/t10-/m0/s1. The van der Waals surface area contributed by atoms with Crippen molar-refractivity contribution in [3.63, 3.8) is 0 Å². The predicted molar refractivity (Wildman–Crippen MR) is 91.4 cm³/mol. The van der Waals surface area contributed by atoms with Crippen molar-refractivity contribution in [2.75, 3.05) is 51.1 Å². The van der Waals surface area contributed by atoms with Crippen LogP contribution in [0.1, 0.15) is 12.5 Å². The minimum atomic E-state index is -0.387. The summed E-state index contributed by atoms with van der Waals surface area (Å²) in [6, 6.07) is 1.04. The number of aromatic nitrogens is 1. The second-order valence-corrected chi connectivity index (χ2v) is 5.56. The molecule has 1 aliphatic heterocycles. The van der Waals surface area contributed by atoms with Gasteiger partial charge in [-0.3, -0.25) is 10.7 Å². The molecule has 1 atom stereocenters. The highest BCUT2D eigenvalue weighted by atomic mass is 16.5. The van der Waals surface area contributed by atoms with Gasteiger partial charge >= 0.3 is 6.03 Å². The van der Waals surface area contributed by atoms with Crippen LogP contribution in [0.5, 0.6) is 0 Å². The van der Waals surface area contributed by atoms with Crippen LogP contribution in [0.25, 0.3) is 0 Å². The molecule has 0 saturated carbocycles. The molecule has 9 nitrogen and oxygen atoms in total. The van der Waals surface area contributed by atoms with Crippen molar-refractivity contribution >= 4 is 23.4 Å². The monoisotopic (exact) mass is 336 g/mol. The summed E-state index contributed by atoms with van der Waals surface area (Å²) >= 11 is 0. The Morgan fingerprint density at radius 1 is 1.54 bits per heavy atom. The molecule has 9 heteroatoms. The van der Waals surface area contributed by atoms with Crippen LogP contribution in [0.15, 0.2) is 12.3 Å². The fraction of sp³-hybridized carbons (Fsp3) is 0.533. The molecular weight excluding hydrogens is 312 g/mol. The van der Waals surface area contributed by atoms with E-state index in [1.165, 1.54) is 6.20 Å². The molecule has 1 saturated heterocycles. The Morgan fingerprint density at radius 3 is 2.88 bits per heavy atom. The van der Waals surface area contributed by atoms with E-state index in [0.29, 0.717) is 55.8 Å². The summed E-state index contributed by atoms with van der Waals surface area (Å²) in [5.41, 5.74) is 6.95. The van der Waals surface area contributed by atoms with Gasteiger partial charge in [0.25, 0.3) is 0 Å². The van der Waals surface area contributed by atoms with Crippen LogP contribution >= 0.6 is 0 Å². The van der Waals surface area contributed by atoms with Gasteiger partial charge in [-0.05, 0) is 6.92 Å². The van der Waals surface area contributed by atoms with E-state index in [9.17, 15) is 4.79 Å². The molecule has 0 aliphatic carbocycles. The molecular formula is C15H24N6O3. The Balaban J connectivity index is 1.98. The zero-order valence-electron chi connectivity index (χ0n) is 14.0. The lowest BCUT2D eigenvalue weighted by Crippen LogP contribution is -2.41. The van der Waals surface area contributed by atoms with Crippen LogP contribution in [0.2, 0.25) is 0 Å². The van der Waals surface area contributed by atoms with Crippen molar-refractivity contribution in [3.8, 4) is 0 Å². The molecule has 2 heterocycles. The average molecular weight is 336 g/mol.